The number of hydrogen-bond acceptors (Lipinski definition) is 3. The number of carbonyl (C=O) groups is 3. The van der Waals surface area contributed by atoms with Crippen LogP contribution in [-0.2, 0) is 9.59 Å². The van der Waals surface area contributed by atoms with Gasteiger partial charge in [0.15, 0.2) is 0 Å². The zero-order valence-electron chi connectivity index (χ0n) is 14.0. The zero-order chi connectivity index (χ0) is 19.0. The molecule has 1 saturated heterocycles. The Morgan fingerprint density at radius 2 is 1.63 bits per heavy atom. The second kappa shape index (κ2) is 6.81. The van der Waals surface area contributed by atoms with Crippen molar-refractivity contribution < 1.29 is 14.4 Å². The van der Waals surface area contributed by atoms with Gasteiger partial charge >= 0.3 is 6.03 Å². The van der Waals surface area contributed by atoms with Crippen molar-refractivity contribution in [3.05, 3.63) is 82.3 Å². The Morgan fingerprint density at radius 1 is 0.889 bits per heavy atom. The quantitative estimate of drug-likeness (QED) is 0.497. The van der Waals surface area contributed by atoms with E-state index in [0.717, 1.165) is 20.1 Å². The Morgan fingerprint density at radius 3 is 2.44 bits per heavy atom. The molecule has 0 radical (unpaired) electrons. The molecular formula is C21H13BrN2O3. The first kappa shape index (κ1) is 17.2. The van der Waals surface area contributed by atoms with E-state index in [1.165, 1.54) is 6.08 Å². The lowest BCUT2D eigenvalue weighted by Crippen LogP contribution is -2.54. The molecule has 0 aliphatic carbocycles. The molecule has 3 aromatic rings. The van der Waals surface area contributed by atoms with Gasteiger partial charge < -0.3 is 0 Å². The Hall–Kier alpha value is -3.25. The molecule has 132 valence electrons. The van der Waals surface area contributed by atoms with Crippen molar-refractivity contribution in [3.63, 3.8) is 0 Å². The molecule has 0 atom stereocenters. The summed E-state index contributed by atoms with van der Waals surface area (Å²) in [5.74, 6) is -1.36. The van der Waals surface area contributed by atoms with Gasteiger partial charge in [0.2, 0.25) is 0 Å². The van der Waals surface area contributed by atoms with E-state index in [4.69, 9.17) is 0 Å². The summed E-state index contributed by atoms with van der Waals surface area (Å²) in [5.41, 5.74) is 1.01. The van der Waals surface area contributed by atoms with Crippen molar-refractivity contribution in [2.75, 3.05) is 4.90 Å². The Labute approximate surface area is 163 Å². The van der Waals surface area contributed by atoms with Gasteiger partial charge in [0.1, 0.15) is 5.57 Å². The number of halogens is 1. The topological polar surface area (TPSA) is 66.5 Å². The molecule has 4 rings (SSSR count). The molecule has 0 saturated carbocycles. The minimum atomic E-state index is -0.757. The number of benzene rings is 3. The lowest BCUT2D eigenvalue weighted by Gasteiger charge is -2.27. The smallest absolute Gasteiger partial charge is 0.273 e. The van der Waals surface area contributed by atoms with E-state index in [0.29, 0.717) is 11.3 Å². The molecule has 1 heterocycles. The fraction of sp³-hybridized carbons (Fsp3) is 0. The summed E-state index contributed by atoms with van der Waals surface area (Å²) in [4.78, 5) is 38.8. The van der Waals surface area contributed by atoms with Crippen LogP contribution in [0.2, 0.25) is 0 Å². The maximum Gasteiger partial charge on any atom is 0.335 e. The van der Waals surface area contributed by atoms with Gasteiger partial charge in [0, 0.05) is 9.86 Å². The van der Waals surface area contributed by atoms with Gasteiger partial charge in [-0.2, -0.15) is 0 Å². The van der Waals surface area contributed by atoms with Crippen LogP contribution < -0.4 is 10.2 Å². The number of fused-ring (bicyclic) bond motifs is 1. The van der Waals surface area contributed by atoms with Crippen molar-refractivity contribution >= 4 is 56.3 Å². The van der Waals surface area contributed by atoms with Gasteiger partial charge in [-0.15, -0.1) is 0 Å². The molecule has 3 aromatic carbocycles. The highest BCUT2D eigenvalue weighted by atomic mass is 79.9. The molecule has 0 aromatic heterocycles. The molecule has 1 aliphatic heterocycles. The molecule has 5 nitrogen and oxygen atoms in total. The summed E-state index contributed by atoms with van der Waals surface area (Å²) < 4.78 is 0.822. The molecule has 0 spiro atoms. The van der Waals surface area contributed by atoms with Crippen LogP contribution in [0.5, 0.6) is 0 Å². The monoisotopic (exact) mass is 420 g/mol. The molecule has 0 bridgehead atoms. The van der Waals surface area contributed by atoms with Crippen LogP contribution in [-0.4, -0.2) is 17.8 Å². The summed E-state index contributed by atoms with van der Waals surface area (Å²) in [6, 6.07) is 19.2. The second-order valence-corrected chi connectivity index (χ2v) is 6.93. The third kappa shape index (κ3) is 3.15. The van der Waals surface area contributed by atoms with Gasteiger partial charge in [-0.05, 0) is 35.2 Å². The number of imide groups is 2. The fourth-order valence-corrected chi connectivity index (χ4v) is 3.46. The van der Waals surface area contributed by atoms with Crippen molar-refractivity contribution in [1.29, 1.82) is 0 Å². The average molecular weight is 421 g/mol. The number of rotatable bonds is 2. The van der Waals surface area contributed by atoms with E-state index >= 15 is 0 Å². The zero-order valence-corrected chi connectivity index (χ0v) is 15.6. The van der Waals surface area contributed by atoms with Crippen LogP contribution in [0.15, 0.2) is 76.8 Å². The predicted octanol–water partition coefficient (Wildman–Crippen LogP) is 4.27. The van der Waals surface area contributed by atoms with E-state index in [2.05, 4.69) is 21.2 Å². The minimum absolute atomic E-state index is 0.0966. The van der Waals surface area contributed by atoms with Crippen molar-refractivity contribution in [2.24, 2.45) is 0 Å². The first-order chi connectivity index (χ1) is 13.0. The first-order valence-electron chi connectivity index (χ1n) is 8.19. The van der Waals surface area contributed by atoms with Crippen LogP contribution in [0.25, 0.3) is 16.8 Å². The highest BCUT2D eigenvalue weighted by Gasteiger charge is 2.37. The molecular weight excluding hydrogens is 408 g/mol. The summed E-state index contributed by atoms with van der Waals surface area (Å²) >= 11 is 3.36. The van der Waals surface area contributed by atoms with Gasteiger partial charge in [0.25, 0.3) is 11.8 Å². The van der Waals surface area contributed by atoms with Crippen LogP contribution in [0.1, 0.15) is 5.56 Å². The number of barbiturate groups is 1. The largest absolute Gasteiger partial charge is 0.335 e. The number of hydrogen-bond donors (Lipinski definition) is 1. The van der Waals surface area contributed by atoms with Crippen LogP contribution >= 0.6 is 15.9 Å². The molecule has 0 unspecified atom stereocenters. The average Bonchev–Trinajstić information content (AvgIpc) is 2.65. The number of amides is 4. The number of carbonyl (C=O) groups excluding carboxylic acids is 3. The molecule has 27 heavy (non-hydrogen) atoms. The highest BCUT2D eigenvalue weighted by Crippen LogP contribution is 2.29. The Kier molecular flexibility index (Phi) is 4.33. The lowest BCUT2D eigenvalue weighted by molar-refractivity contribution is -0.122. The SMILES string of the molecule is O=C1NC(=O)N(c2cccc3ccccc23)C(=O)/C1=C/c1cccc(Br)c1. The molecule has 1 aliphatic rings. The van der Waals surface area contributed by atoms with E-state index in [-0.39, 0.29) is 5.57 Å². The second-order valence-electron chi connectivity index (χ2n) is 6.01. The number of nitrogens with one attached hydrogen (secondary N) is 1. The molecule has 1 N–H and O–H groups in total. The minimum Gasteiger partial charge on any atom is -0.273 e. The summed E-state index contributed by atoms with van der Waals surface area (Å²) in [6.07, 6.45) is 1.48. The predicted molar refractivity (Wildman–Crippen MR) is 107 cm³/mol. The Bertz CT molecular complexity index is 1130. The molecule has 1 fully saturated rings. The van der Waals surface area contributed by atoms with E-state index in [9.17, 15) is 14.4 Å². The summed E-state index contributed by atoms with van der Waals surface area (Å²) in [6.45, 7) is 0. The van der Waals surface area contributed by atoms with Gasteiger partial charge in [-0.1, -0.05) is 64.5 Å². The highest BCUT2D eigenvalue weighted by molar-refractivity contribution is 9.10. The van der Waals surface area contributed by atoms with Crippen molar-refractivity contribution in [3.8, 4) is 0 Å². The van der Waals surface area contributed by atoms with Crippen molar-refractivity contribution in [2.45, 2.75) is 0 Å². The Balaban J connectivity index is 1.83. The van der Waals surface area contributed by atoms with Gasteiger partial charge in [0.05, 0.1) is 5.69 Å². The standard InChI is InChI=1S/C21H13BrN2O3/c22-15-8-3-5-13(11-15)12-17-19(25)23-21(27)24(20(17)26)18-10-4-7-14-6-1-2-9-16(14)18/h1-12H,(H,23,25,27)/b17-12+. The number of anilines is 1. The normalized spacial score (nSPS) is 16.1. The van der Waals surface area contributed by atoms with E-state index in [1.54, 1.807) is 30.3 Å². The third-order valence-corrected chi connectivity index (χ3v) is 4.76. The van der Waals surface area contributed by atoms with Crippen LogP contribution in [0.3, 0.4) is 0 Å². The van der Waals surface area contributed by atoms with Crippen molar-refractivity contribution in [1.82, 2.24) is 5.32 Å². The summed E-state index contributed by atoms with van der Waals surface area (Å²) in [7, 11) is 0. The van der Waals surface area contributed by atoms with E-state index < -0.39 is 17.8 Å². The summed E-state index contributed by atoms with van der Waals surface area (Å²) in [5, 5.41) is 3.90. The number of urea groups is 1. The number of nitrogens with zero attached hydrogens (tertiary/aromatic N) is 1. The maximum atomic E-state index is 13.0. The lowest BCUT2D eigenvalue weighted by atomic mass is 10.0. The molecule has 6 heteroatoms. The third-order valence-electron chi connectivity index (χ3n) is 4.27. The van der Waals surface area contributed by atoms with Gasteiger partial charge in [-0.25, -0.2) is 9.69 Å². The van der Waals surface area contributed by atoms with Gasteiger partial charge in [-0.3, -0.25) is 14.9 Å². The van der Waals surface area contributed by atoms with Crippen LogP contribution in [0, 0.1) is 0 Å². The van der Waals surface area contributed by atoms with E-state index in [1.807, 2.05) is 36.4 Å². The van der Waals surface area contributed by atoms with Crippen LogP contribution in [0.4, 0.5) is 10.5 Å². The fourth-order valence-electron chi connectivity index (χ4n) is 3.04. The first-order valence-corrected chi connectivity index (χ1v) is 8.99. The maximum absolute atomic E-state index is 13.0. The molecule has 4 amide bonds.